The van der Waals surface area contributed by atoms with Crippen molar-refractivity contribution in [2.45, 2.75) is 33.2 Å². The highest BCUT2D eigenvalue weighted by Gasteiger charge is 2.15. The lowest BCUT2D eigenvalue weighted by molar-refractivity contribution is -0.124. The van der Waals surface area contributed by atoms with E-state index in [9.17, 15) is 9.59 Å². The van der Waals surface area contributed by atoms with Crippen molar-refractivity contribution < 1.29 is 19.4 Å². The van der Waals surface area contributed by atoms with Crippen LogP contribution >= 0.6 is 0 Å². The van der Waals surface area contributed by atoms with Crippen molar-refractivity contribution in [2.75, 3.05) is 13.2 Å². The number of nitrogens with one attached hydrogen (secondary N) is 1. The molecule has 0 aliphatic rings. The van der Waals surface area contributed by atoms with Gasteiger partial charge in [0.05, 0.1) is 12.6 Å². The molecule has 0 aliphatic heterocycles. The summed E-state index contributed by atoms with van der Waals surface area (Å²) in [7, 11) is 0. The molecule has 0 radical (unpaired) electrons. The first-order valence-electron chi connectivity index (χ1n) is 7.14. The zero-order chi connectivity index (χ0) is 15.8. The van der Waals surface area contributed by atoms with Gasteiger partial charge in [0.15, 0.2) is 12.4 Å². The molecule has 116 valence electrons. The lowest BCUT2D eigenvalue weighted by atomic mass is 10.1. The van der Waals surface area contributed by atoms with Crippen LogP contribution in [-0.4, -0.2) is 36.1 Å². The smallest absolute Gasteiger partial charge is 0.258 e. The number of hydrogen-bond donors (Lipinski definition) is 2. The number of aliphatic hydroxyl groups excluding tert-OH is 1. The quantitative estimate of drug-likeness (QED) is 0.717. The molecule has 2 N–H and O–H groups in total. The summed E-state index contributed by atoms with van der Waals surface area (Å²) in [4.78, 5) is 23.2. The minimum atomic E-state index is -0.281. The molecule has 0 heterocycles. The summed E-state index contributed by atoms with van der Waals surface area (Å²) in [5.41, 5.74) is 0.634. The van der Waals surface area contributed by atoms with Crippen molar-refractivity contribution in [3.63, 3.8) is 0 Å². The van der Waals surface area contributed by atoms with Crippen molar-refractivity contribution in [1.29, 1.82) is 0 Å². The van der Waals surface area contributed by atoms with Crippen molar-refractivity contribution in [3.05, 3.63) is 29.8 Å². The summed E-state index contributed by atoms with van der Waals surface area (Å²) in [6.07, 6.45) is 0.459. The normalized spacial score (nSPS) is 12.0. The lowest BCUT2D eigenvalue weighted by Gasteiger charge is -2.19. The summed E-state index contributed by atoms with van der Waals surface area (Å²) >= 11 is 0. The van der Waals surface area contributed by atoms with Gasteiger partial charge in [-0.1, -0.05) is 20.8 Å². The number of hydrogen-bond acceptors (Lipinski definition) is 4. The highest BCUT2D eigenvalue weighted by Crippen LogP contribution is 2.13. The van der Waals surface area contributed by atoms with Crippen LogP contribution in [-0.2, 0) is 4.79 Å². The number of Topliss-reactive ketones (excluding diaryl/α,β-unsaturated/α-hetero) is 1. The van der Waals surface area contributed by atoms with E-state index in [1.807, 2.05) is 20.8 Å². The molecule has 1 aromatic rings. The standard InChI is InChI=1S/C16H23NO4/c1-4-15(19)12-5-7-13(8-6-12)21-10-16(20)17-14(9-18)11(2)3/h5-8,11,14,18H,4,9-10H2,1-3H3,(H,17,20)/t14-/m1/s1. The Morgan fingerprint density at radius 1 is 1.24 bits per heavy atom. The summed E-state index contributed by atoms with van der Waals surface area (Å²) in [5.74, 6) is 0.472. The minimum absolute atomic E-state index is 0.0713. The van der Waals surface area contributed by atoms with Crippen molar-refractivity contribution >= 4 is 11.7 Å². The van der Waals surface area contributed by atoms with Gasteiger partial charge in [0.2, 0.25) is 0 Å². The van der Waals surface area contributed by atoms with E-state index < -0.39 is 0 Å². The van der Waals surface area contributed by atoms with Gasteiger partial charge < -0.3 is 15.2 Å². The molecule has 0 aliphatic carbocycles. The molecule has 1 aromatic carbocycles. The third-order valence-electron chi connectivity index (χ3n) is 3.22. The molecule has 0 unspecified atom stereocenters. The van der Waals surface area contributed by atoms with E-state index in [-0.39, 0.29) is 36.9 Å². The third kappa shape index (κ3) is 5.55. The van der Waals surface area contributed by atoms with E-state index in [2.05, 4.69) is 5.32 Å². The molecule has 0 spiro atoms. The fourth-order valence-corrected chi connectivity index (χ4v) is 1.76. The molecule has 5 nitrogen and oxygen atoms in total. The molecule has 1 atom stereocenters. The average Bonchev–Trinajstić information content (AvgIpc) is 2.49. The van der Waals surface area contributed by atoms with Gasteiger partial charge in [-0.3, -0.25) is 9.59 Å². The second-order valence-corrected chi connectivity index (χ2v) is 5.19. The fourth-order valence-electron chi connectivity index (χ4n) is 1.76. The highest BCUT2D eigenvalue weighted by molar-refractivity contribution is 5.95. The Hall–Kier alpha value is -1.88. The van der Waals surface area contributed by atoms with Gasteiger partial charge in [-0.05, 0) is 30.2 Å². The second-order valence-electron chi connectivity index (χ2n) is 5.19. The number of rotatable bonds is 8. The summed E-state index contributed by atoms with van der Waals surface area (Å²) in [5, 5.41) is 11.9. The second kappa shape index (κ2) is 8.42. The van der Waals surface area contributed by atoms with Crippen molar-refractivity contribution in [2.24, 2.45) is 5.92 Å². The molecule has 0 bridgehead atoms. The lowest BCUT2D eigenvalue weighted by Crippen LogP contribution is -2.43. The Labute approximate surface area is 125 Å². The first-order valence-corrected chi connectivity index (χ1v) is 7.14. The summed E-state index contributed by atoms with van der Waals surface area (Å²) < 4.78 is 5.36. The summed E-state index contributed by atoms with van der Waals surface area (Å²) in [6.45, 7) is 5.43. The predicted molar refractivity (Wildman–Crippen MR) is 80.4 cm³/mol. The van der Waals surface area contributed by atoms with E-state index in [0.717, 1.165) is 0 Å². The Morgan fingerprint density at radius 2 is 1.86 bits per heavy atom. The van der Waals surface area contributed by atoms with Gasteiger partial charge in [0, 0.05) is 12.0 Å². The van der Waals surface area contributed by atoms with Crippen LogP contribution < -0.4 is 10.1 Å². The number of ether oxygens (including phenoxy) is 1. The van der Waals surface area contributed by atoms with Crippen LogP contribution in [0.5, 0.6) is 5.75 Å². The Balaban J connectivity index is 2.48. The topological polar surface area (TPSA) is 75.6 Å². The maximum Gasteiger partial charge on any atom is 0.258 e. The monoisotopic (exact) mass is 293 g/mol. The van der Waals surface area contributed by atoms with Crippen LogP contribution in [0.2, 0.25) is 0 Å². The van der Waals surface area contributed by atoms with Crippen LogP contribution in [0.15, 0.2) is 24.3 Å². The molecule has 1 rings (SSSR count). The van der Waals surface area contributed by atoms with Crippen LogP contribution in [0.25, 0.3) is 0 Å². The highest BCUT2D eigenvalue weighted by atomic mass is 16.5. The molecule has 0 aromatic heterocycles. The number of ketones is 1. The molecular formula is C16H23NO4. The number of aliphatic hydroxyl groups is 1. The first kappa shape index (κ1) is 17.2. The number of carbonyl (C=O) groups is 2. The van der Waals surface area contributed by atoms with E-state index in [1.165, 1.54) is 0 Å². The van der Waals surface area contributed by atoms with Crippen LogP contribution in [0.3, 0.4) is 0 Å². The molecule has 0 saturated heterocycles. The van der Waals surface area contributed by atoms with E-state index in [4.69, 9.17) is 9.84 Å². The molecular weight excluding hydrogens is 270 g/mol. The van der Waals surface area contributed by atoms with E-state index >= 15 is 0 Å². The molecule has 0 fully saturated rings. The van der Waals surface area contributed by atoms with Crippen molar-refractivity contribution in [1.82, 2.24) is 5.32 Å². The van der Waals surface area contributed by atoms with Gasteiger partial charge in [-0.25, -0.2) is 0 Å². The zero-order valence-corrected chi connectivity index (χ0v) is 12.8. The van der Waals surface area contributed by atoms with Crippen LogP contribution in [0.4, 0.5) is 0 Å². The molecule has 1 amide bonds. The SMILES string of the molecule is CCC(=O)c1ccc(OCC(=O)N[C@H](CO)C(C)C)cc1. The number of benzene rings is 1. The van der Waals surface area contributed by atoms with Crippen LogP contribution in [0.1, 0.15) is 37.6 Å². The largest absolute Gasteiger partial charge is 0.484 e. The Bertz CT molecular complexity index is 468. The fraction of sp³-hybridized carbons (Fsp3) is 0.500. The van der Waals surface area contributed by atoms with Gasteiger partial charge in [0.1, 0.15) is 5.75 Å². The number of carbonyl (C=O) groups excluding carboxylic acids is 2. The van der Waals surface area contributed by atoms with Crippen molar-refractivity contribution in [3.8, 4) is 5.75 Å². The number of amides is 1. The Morgan fingerprint density at radius 3 is 2.33 bits per heavy atom. The molecule has 21 heavy (non-hydrogen) atoms. The summed E-state index contributed by atoms with van der Waals surface area (Å²) in [6, 6.07) is 6.43. The predicted octanol–water partition coefficient (Wildman–Crippen LogP) is 1.79. The first-order chi connectivity index (χ1) is 9.97. The maximum atomic E-state index is 11.7. The molecule has 0 saturated carbocycles. The third-order valence-corrected chi connectivity index (χ3v) is 3.22. The maximum absolute atomic E-state index is 11.7. The average molecular weight is 293 g/mol. The Kier molecular flexibility index (Phi) is 6.88. The van der Waals surface area contributed by atoms with Crippen LogP contribution in [0, 0.1) is 5.92 Å². The van der Waals surface area contributed by atoms with Gasteiger partial charge in [-0.2, -0.15) is 0 Å². The van der Waals surface area contributed by atoms with E-state index in [0.29, 0.717) is 17.7 Å². The van der Waals surface area contributed by atoms with Gasteiger partial charge >= 0.3 is 0 Å². The minimum Gasteiger partial charge on any atom is -0.484 e. The van der Waals surface area contributed by atoms with E-state index in [1.54, 1.807) is 24.3 Å². The van der Waals surface area contributed by atoms with Gasteiger partial charge in [0.25, 0.3) is 5.91 Å². The molecule has 5 heteroatoms. The van der Waals surface area contributed by atoms with Gasteiger partial charge in [-0.15, -0.1) is 0 Å². The zero-order valence-electron chi connectivity index (χ0n) is 12.8.